The fraction of sp³-hybridized carbons (Fsp3) is 0.900. The summed E-state index contributed by atoms with van der Waals surface area (Å²) in [5, 5.41) is 3.18. The van der Waals surface area contributed by atoms with Gasteiger partial charge < -0.3 is 4.90 Å². The van der Waals surface area contributed by atoms with Crippen LogP contribution in [0.15, 0.2) is 0 Å². The van der Waals surface area contributed by atoms with Gasteiger partial charge in [0.2, 0.25) is 5.91 Å². The molecule has 1 saturated carbocycles. The van der Waals surface area contributed by atoms with Crippen molar-refractivity contribution >= 4 is 5.91 Å². The SMILES string of the molecule is CC1NCN(C2CC(C)C2C)C1=O. The second-order valence-corrected chi connectivity index (χ2v) is 4.53. The Morgan fingerprint density at radius 3 is 2.46 bits per heavy atom. The number of amides is 1. The van der Waals surface area contributed by atoms with Crippen LogP contribution < -0.4 is 5.32 Å². The van der Waals surface area contributed by atoms with E-state index in [1.54, 1.807) is 0 Å². The third-order valence-corrected chi connectivity index (χ3v) is 3.74. The summed E-state index contributed by atoms with van der Waals surface area (Å²) in [7, 11) is 0. The van der Waals surface area contributed by atoms with Crippen molar-refractivity contribution in [1.82, 2.24) is 10.2 Å². The van der Waals surface area contributed by atoms with Crippen LogP contribution in [0, 0.1) is 11.8 Å². The summed E-state index contributed by atoms with van der Waals surface area (Å²) in [6, 6.07) is 0.531. The van der Waals surface area contributed by atoms with Crippen molar-refractivity contribution in [2.45, 2.75) is 39.3 Å². The fourth-order valence-corrected chi connectivity index (χ4v) is 2.33. The lowest BCUT2D eigenvalue weighted by molar-refractivity contribution is -0.135. The minimum absolute atomic E-state index is 0.0307. The van der Waals surface area contributed by atoms with Gasteiger partial charge in [0.15, 0.2) is 0 Å². The minimum atomic E-state index is 0.0307. The first kappa shape index (κ1) is 9.00. The van der Waals surface area contributed by atoms with E-state index in [4.69, 9.17) is 0 Å². The molecule has 1 amide bonds. The zero-order chi connectivity index (χ0) is 9.59. The molecule has 0 aromatic heterocycles. The highest BCUT2D eigenvalue weighted by atomic mass is 16.2. The number of nitrogens with one attached hydrogen (secondary N) is 1. The molecule has 0 bridgehead atoms. The number of nitrogens with zero attached hydrogens (tertiary/aromatic N) is 1. The van der Waals surface area contributed by atoms with E-state index in [0.717, 1.165) is 12.6 Å². The number of hydrogen-bond donors (Lipinski definition) is 1. The molecule has 13 heavy (non-hydrogen) atoms. The lowest BCUT2D eigenvalue weighted by Crippen LogP contribution is -2.51. The van der Waals surface area contributed by atoms with E-state index in [9.17, 15) is 4.79 Å². The Labute approximate surface area is 79.5 Å². The highest BCUT2D eigenvalue weighted by Gasteiger charge is 2.43. The Balaban J connectivity index is 1.99. The normalized spacial score (nSPS) is 45.2. The number of carbonyl (C=O) groups is 1. The standard InChI is InChI=1S/C10H18N2O/c1-6-4-9(7(6)2)12-5-11-8(3)10(12)13/h6-9,11H,4-5H2,1-3H3. The van der Waals surface area contributed by atoms with Crippen molar-refractivity contribution in [3.05, 3.63) is 0 Å². The first-order valence-electron chi connectivity index (χ1n) is 5.15. The largest absolute Gasteiger partial charge is 0.325 e. The average molecular weight is 182 g/mol. The molecule has 74 valence electrons. The molecule has 1 aliphatic carbocycles. The topological polar surface area (TPSA) is 32.3 Å². The van der Waals surface area contributed by atoms with Crippen LogP contribution in [0.1, 0.15) is 27.2 Å². The molecule has 0 radical (unpaired) electrons. The predicted molar refractivity (Wildman–Crippen MR) is 51.0 cm³/mol. The van der Waals surface area contributed by atoms with Crippen molar-refractivity contribution in [2.75, 3.05) is 6.67 Å². The Morgan fingerprint density at radius 2 is 2.08 bits per heavy atom. The second kappa shape index (κ2) is 2.98. The third-order valence-electron chi connectivity index (χ3n) is 3.74. The quantitative estimate of drug-likeness (QED) is 0.651. The van der Waals surface area contributed by atoms with Gasteiger partial charge in [0.05, 0.1) is 12.7 Å². The summed E-state index contributed by atoms with van der Waals surface area (Å²) in [5.74, 6) is 1.74. The summed E-state index contributed by atoms with van der Waals surface area (Å²) in [5.41, 5.74) is 0. The van der Waals surface area contributed by atoms with Crippen molar-refractivity contribution in [1.29, 1.82) is 0 Å². The number of hydrogen-bond acceptors (Lipinski definition) is 2. The molecule has 1 aliphatic heterocycles. The summed E-state index contributed by atoms with van der Waals surface area (Å²) >= 11 is 0. The molecule has 3 nitrogen and oxygen atoms in total. The van der Waals surface area contributed by atoms with Gasteiger partial charge in [-0.15, -0.1) is 0 Å². The number of carbonyl (C=O) groups excluding carboxylic acids is 1. The summed E-state index contributed by atoms with van der Waals surface area (Å²) < 4.78 is 0. The van der Waals surface area contributed by atoms with Crippen molar-refractivity contribution in [3.63, 3.8) is 0 Å². The fourth-order valence-electron chi connectivity index (χ4n) is 2.33. The molecule has 0 aromatic carbocycles. The molecule has 0 spiro atoms. The maximum Gasteiger partial charge on any atom is 0.240 e. The number of rotatable bonds is 1. The van der Waals surface area contributed by atoms with Gasteiger partial charge in [0.25, 0.3) is 0 Å². The van der Waals surface area contributed by atoms with E-state index in [1.165, 1.54) is 6.42 Å². The summed E-state index contributed by atoms with van der Waals surface area (Å²) in [6.07, 6.45) is 1.18. The molecule has 4 unspecified atom stereocenters. The van der Waals surface area contributed by atoms with Gasteiger partial charge in [0.1, 0.15) is 0 Å². The Bertz CT molecular complexity index is 229. The second-order valence-electron chi connectivity index (χ2n) is 4.53. The monoisotopic (exact) mass is 182 g/mol. The molecule has 2 fully saturated rings. The van der Waals surface area contributed by atoms with Crippen molar-refractivity contribution < 1.29 is 4.79 Å². The van der Waals surface area contributed by atoms with Crippen LogP contribution in [0.25, 0.3) is 0 Å². The Kier molecular flexibility index (Phi) is 2.06. The van der Waals surface area contributed by atoms with Gasteiger partial charge in [0, 0.05) is 6.04 Å². The molecule has 1 heterocycles. The summed E-state index contributed by atoms with van der Waals surface area (Å²) in [4.78, 5) is 13.7. The zero-order valence-corrected chi connectivity index (χ0v) is 8.58. The molecule has 3 heteroatoms. The Morgan fingerprint density at radius 1 is 1.38 bits per heavy atom. The highest BCUT2D eigenvalue weighted by molar-refractivity contribution is 5.83. The van der Waals surface area contributed by atoms with Gasteiger partial charge >= 0.3 is 0 Å². The molecule has 1 N–H and O–H groups in total. The summed E-state index contributed by atoms with van der Waals surface area (Å²) in [6.45, 7) is 7.20. The molecular formula is C10H18N2O. The first-order chi connectivity index (χ1) is 6.11. The van der Waals surface area contributed by atoms with E-state index < -0.39 is 0 Å². The van der Waals surface area contributed by atoms with E-state index in [1.807, 2.05) is 11.8 Å². The highest BCUT2D eigenvalue weighted by Crippen LogP contribution is 2.38. The first-order valence-corrected chi connectivity index (χ1v) is 5.15. The van der Waals surface area contributed by atoms with Gasteiger partial charge in [-0.3, -0.25) is 10.1 Å². The van der Waals surface area contributed by atoms with Crippen LogP contribution in [-0.4, -0.2) is 29.6 Å². The third kappa shape index (κ3) is 1.26. The average Bonchev–Trinajstić information content (AvgIpc) is 2.44. The molecule has 1 saturated heterocycles. The lowest BCUT2D eigenvalue weighted by Gasteiger charge is -2.45. The van der Waals surface area contributed by atoms with E-state index in [0.29, 0.717) is 12.0 Å². The van der Waals surface area contributed by atoms with Crippen LogP contribution in [-0.2, 0) is 4.79 Å². The van der Waals surface area contributed by atoms with E-state index >= 15 is 0 Å². The maximum atomic E-state index is 11.7. The van der Waals surface area contributed by atoms with Gasteiger partial charge in [-0.1, -0.05) is 13.8 Å². The molecule has 2 aliphatic rings. The predicted octanol–water partition coefficient (Wildman–Crippen LogP) is 0.809. The van der Waals surface area contributed by atoms with Gasteiger partial charge in [-0.05, 0) is 25.2 Å². The van der Waals surface area contributed by atoms with Crippen LogP contribution in [0.3, 0.4) is 0 Å². The van der Waals surface area contributed by atoms with E-state index in [-0.39, 0.29) is 11.9 Å². The Hall–Kier alpha value is -0.570. The van der Waals surface area contributed by atoms with Gasteiger partial charge in [-0.25, -0.2) is 0 Å². The molecular weight excluding hydrogens is 164 g/mol. The van der Waals surface area contributed by atoms with Crippen LogP contribution >= 0.6 is 0 Å². The van der Waals surface area contributed by atoms with Crippen molar-refractivity contribution in [2.24, 2.45) is 11.8 Å². The van der Waals surface area contributed by atoms with Crippen LogP contribution in [0.2, 0.25) is 0 Å². The molecule has 2 rings (SSSR count). The lowest BCUT2D eigenvalue weighted by atomic mass is 9.71. The van der Waals surface area contributed by atoms with Crippen LogP contribution in [0.5, 0.6) is 0 Å². The smallest absolute Gasteiger partial charge is 0.240 e. The minimum Gasteiger partial charge on any atom is -0.325 e. The molecule has 0 aromatic rings. The molecule has 4 atom stereocenters. The van der Waals surface area contributed by atoms with E-state index in [2.05, 4.69) is 19.2 Å². The maximum absolute atomic E-state index is 11.7. The van der Waals surface area contributed by atoms with Gasteiger partial charge in [-0.2, -0.15) is 0 Å². The van der Waals surface area contributed by atoms with Crippen molar-refractivity contribution in [3.8, 4) is 0 Å². The zero-order valence-electron chi connectivity index (χ0n) is 8.58. The van der Waals surface area contributed by atoms with Crippen LogP contribution in [0.4, 0.5) is 0 Å².